The molecule has 2 heterocycles. The zero-order valence-corrected chi connectivity index (χ0v) is 37.8. The van der Waals surface area contributed by atoms with Crippen molar-refractivity contribution in [1.29, 1.82) is 0 Å². The lowest BCUT2D eigenvalue weighted by Gasteiger charge is -2.51. The summed E-state index contributed by atoms with van der Waals surface area (Å²) in [6, 6.07) is 13.8. The van der Waals surface area contributed by atoms with Gasteiger partial charge in [-0.1, -0.05) is 30.3 Å². The predicted molar refractivity (Wildman–Crippen MR) is 216 cm³/mol. The number of imidazole rings is 1. The molecule has 1 saturated heterocycles. The van der Waals surface area contributed by atoms with Crippen molar-refractivity contribution in [2.45, 2.75) is 116 Å². The van der Waals surface area contributed by atoms with Crippen LogP contribution in [0.3, 0.4) is 0 Å². The number of carbonyl (C=O) groups excluding carboxylic acids is 3. The zero-order valence-electron chi connectivity index (χ0n) is 33.8. The van der Waals surface area contributed by atoms with Gasteiger partial charge < -0.3 is 36.7 Å². The summed E-state index contributed by atoms with van der Waals surface area (Å²) >= 11 is 0. The van der Waals surface area contributed by atoms with Crippen molar-refractivity contribution < 1.29 is 51.0 Å². The van der Waals surface area contributed by atoms with Gasteiger partial charge in [0.15, 0.2) is 52.1 Å². The van der Waals surface area contributed by atoms with Gasteiger partial charge in [0.1, 0.15) is 31.0 Å². The molecule has 5 atom stereocenters. The normalized spacial score (nSPS) is 21.1. The molecule has 4 rings (SSSR count). The number of nitrogens with one attached hydrogen (secondary N) is 1. The van der Waals surface area contributed by atoms with Crippen LogP contribution in [0.4, 0.5) is 15.5 Å². The third kappa shape index (κ3) is 12.7. The molecule has 14 nitrogen and oxygen atoms in total. The number of carbonyl (C=O) groups is 3. The Morgan fingerprint density at radius 3 is 1.87 bits per heavy atom. The number of benzene rings is 2. The molecule has 1 fully saturated rings. The van der Waals surface area contributed by atoms with Crippen LogP contribution in [0.2, 0.25) is 78.6 Å². The molecule has 2 aromatic carbocycles. The smallest absolute Gasteiger partial charge is 0.453 e. The van der Waals surface area contributed by atoms with Crippen LogP contribution in [0.15, 0.2) is 48.5 Å². The summed E-state index contributed by atoms with van der Waals surface area (Å²) < 4.78 is 51.1. The van der Waals surface area contributed by atoms with Gasteiger partial charge in [-0.05, 0) is 96.8 Å². The summed E-state index contributed by atoms with van der Waals surface area (Å²) in [5.41, 5.74) is 1.80. The van der Waals surface area contributed by atoms with Gasteiger partial charge in [0.25, 0.3) is 0 Å². The highest BCUT2D eigenvalue weighted by molar-refractivity contribution is 6.71. The quantitative estimate of drug-likeness (QED) is 0.0904. The monoisotopic (exact) mass is 819 g/mol. The molecule has 0 bridgehead atoms. The molecule has 3 aromatic rings. The largest absolute Gasteiger partial charge is 0.510 e. The molecule has 298 valence electrons. The number of methoxy groups -OCH3 is 1. The van der Waals surface area contributed by atoms with Crippen molar-refractivity contribution >= 4 is 68.3 Å². The van der Waals surface area contributed by atoms with Gasteiger partial charge in [0.2, 0.25) is 5.95 Å². The van der Waals surface area contributed by atoms with E-state index in [2.05, 4.69) is 88.9 Å². The van der Waals surface area contributed by atoms with E-state index in [0.717, 1.165) is 0 Å². The number of hydrogen-bond donors (Lipinski definition) is 1. The second kappa shape index (κ2) is 17.3. The maximum absolute atomic E-state index is 13.3. The number of ether oxygens (including phenoxy) is 4. The molecule has 1 aromatic heterocycles. The Morgan fingerprint density at radius 2 is 1.30 bits per heavy atom. The molecule has 0 spiro atoms. The van der Waals surface area contributed by atoms with E-state index in [-0.39, 0.29) is 25.1 Å². The highest BCUT2D eigenvalue weighted by Gasteiger charge is 2.53. The first-order chi connectivity index (χ1) is 24.9. The van der Waals surface area contributed by atoms with Gasteiger partial charge in [-0.2, -0.15) is 0 Å². The van der Waals surface area contributed by atoms with Crippen LogP contribution in [0.25, 0.3) is 11.0 Å². The molecule has 0 radical (unpaired) electrons. The Kier molecular flexibility index (Phi) is 13.9. The van der Waals surface area contributed by atoms with Crippen molar-refractivity contribution in [1.82, 2.24) is 9.55 Å². The lowest BCUT2D eigenvalue weighted by atomic mass is 9.99. The predicted octanol–water partition coefficient (Wildman–Crippen LogP) is 7.79. The Balaban J connectivity index is 1.59. The average molecular weight is 820 g/mol. The summed E-state index contributed by atoms with van der Waals surface area (Å²) in [7, 11) is -7.49. The summed E-state index contributed by atoms with van der Waals surface area (Å²) in [5.74, 6) is -0.150. The Hall–Kier alpha value is -3.21. The minimum atomic E-state index is -2.22. The van der Waals surface area contributed by atoms with E-state index in [1.54, 1.807) is 42.5 Å². The highest BCUT2D eigenvalue weighted by atomic mass is 28.4. The summed E-state index contributed by atoms with van der Waals surface area (Å²) in [4.78, 5) is 43.1. The topological polar surface area (TPSA) is 155 Å². The van der Waals surface area contributed by atoms with Gasteiger partial charge in [-0.25, -0.2) is 14.6 Å². The van der Waals surface area contributed by atoms with Crippen LogP contribution in [0.1, 0.15) is 15.9 Å². The molecule has 1 aliphatic rings. The van der Waals surface area contributed by atoms with Crippen LogP contribution in [0, 0.1) is 0 Å². The van der Waals surface area contributed by atoms with Crippen molar-refractivity contribution in [2.24, 2.45) is 0 Å². The average Bonchev–Trinajstić information content (AvgIpc) is 3.39. The van der Waals surface area contributed by atoms with Crippen LogP contribution >= 0.6 is 0 Å². The fourth-order valence-corrected chi connectivity index (χ4v) is 9.92. The van der Waals surface area contributed by atoms with Crippen molar-refractivity contribution in [3.63, 3.8) is 0 Å². The summed E-state index contributed by atoms with van der Waals surface area (Å²) in [6.45, 7) is 24.6. The summed E-state index contributed by atoms with van der Waals surface area (Å²) in [6.07, 6.45) is -5.04. The van der Waals surface area contributed by atoms with E-state index in [4.69, 9.17) is 36.7 Å². The molecule has 0 aliphatic carbocycles. The van der Waals surface area contributed by atoms with Crippen molar-refractivity contribution in [3.8, 4) is 0 Å². The van der Waals surface area contributed by atoms with E-state index in [9.17, 15) is 14.4 Å². The molecular formula is C36H57N3O11Si4. The van der Waals surface area contributed by atoms with Crippen LogP contribution in [0.5, 0.6) is 0 Å². The third-order valence-electron chi connectivity index (χ3n) is 7.65. The molecule has 4 unspecified atom stereocenters. The fraction of sp³-hybridized carbons (Fsp3) is 0.556. The van der Waals surface area contributed by atoms with E-state index >= 15 is 0 Å². The molecule has 1 aliphatic heterocycles. The molecule has 1 N–H and O–H groups in total. The first-order valence-corrected chi connectivity index (χ1v) is 31.7. The van der Waals surface area contributed by atoms with Gasteiger partial charge in [-0.3, -0.25) is 14.7 Å². The van der Waals surface area contributed by atoms with Gasteiger partial charge >= 0.3 is 12.2 Å². The number of fused-ring (bicyclic) bond motifs is 1. The number of amides is 1. The molecular weight excluding hydrogens is 763 g/mol. The van der Waals surface area contributed by atoms with Crippen molar-refractivity contribution in [2.75, 3.05) is 19.0 Å². The number of anilines is 1. The maximum Gasteiger partial charge on any atom is 0.510 e. The zero-order chi connectivity index (χ0) is 40.2. The van der Waals surface area contributed by atoms with E-state index in [0.29, 0.717) is 22.2 Å². The Morgan fingerprint density at radius 1 is 0.722 bits per heavy atom. The van der Waals surface area contributed by atoms with Crippen LogP contribution in [-0.2, 0) is 43.4 Å². The van der Waals surface area contributed by atoms with E-state index in [1.807, 2.05) is 6.07 Å². The Bertz CT molecular complexity index is 1770. The first kappa shape index (κ1) is 43.5. The fourth-order valence-electron chi connectivity index (χ4n) is 5.79. The number of ketones is 1. The first-order valence-electron chi connectivity index (χ1n) is 18.0. The van der Waals surface area contributed by atoms with Gasteiger partial charge in [0, 0.05) is 11.1 Å². The second-order valence-electron chi connectivity index (χ2n) is 17.1. The van der Waals surface area contributed by atoms with Crippen LogP contribution in [-0.4, -0.2) is 105 Å². The maximum atomic E-state index is 13.3. The number of nitrogens with zero attached hydrogens (tertiary/aromatic N) is 2. The van der Waals surface area contributed by atoms with E-state index < -0.39 is 76.2 Å². The molecule has 0 saturated carbocycles. The third-order valence-corrected chi connectivity index (χ3v) is 11.5. The lowest BCUT2D eigenvalue weighted by molar-refractivity contribution is -0.269. The Labute approximate surface area is 322 Å². The standard InChI is InChI=1S/C36H57N3O11Si4/c1-43-35(41)38-34-37-26-21-25(29(40)24-17-15-14-16-18-24)19-20-27(26)39(34)23-45-36(42)44-22-28-30(47-51(2,3)4)31(48-52(5,6)7)32(49-53(8,9)10)33(46-28)50-54(11,12)13/h14-21,28,30-33H,22-23H2,1-13H3,(H,37,38,41)/t28?,30-,31?,32?,33?/m0/s1. The van der Waals surface area contributed by atoms with E-state index in [1.165, 1.54) is 11.7 Å². The molecule has 1 amide bonds. The summed E-state index contributed by atoms with van der Waals surface area (Å²) in [5, 5.41) is 2.54. The lowest BCUT2D eigenvalue weighted by Crippen LogP contribution is -2.67. The SMILES string of the molecule is COC(=O)Nc1nc2cc(C(=O)c3ccccc3)ccc2n1COC(=O)OCC1OC(O[Si](C)(C)C)C(O[Si](C)(C)C)C(O[Si](C)(C)C)[C@H]1O[Si](C)(C)C. The molecule has 18 heteroatoms. The number of rotatable bonds is 15. The van der Waals surface area contributed by atoms with Gasteiger partial charge in [-0.15, -0.1) is 0 Å². The minimum Gasteiger partial charge on any atom is -0.453 e. The molecule has 54 heavy (non-hydrogen) atoms. The van der Waals surface area contributed by atoms with Gasteiger partial charge in [0.05, 0.1) is 18.1 Å². The minimum absolute atomic E-state index is 0.0410. The number of hydrogen-bond acceptors (Lipinski definition) is 12. The van der Waals surface area contributed by atoms with Crippen LogP contribution < -0.4 is 5.32 Å². The number of aromatic nitrogens is 2. The highest BCUT2D eigenvalue weighted by Crippen LogP contribution is 2.35. The second-order valence-corrected chi connectivity index (χ2v) is 34.9. The van der Waals surface area contributed by atoms with Crippen molar-refractivity contribution in [3.05, 3.63) is 59.7 Å².